The Balaban J connectivity index is 2.41. The fourth-order valence-corrected chi connectivity index (χ4v) is 2.31. The van der Waals surface area contributed by atoms with Crippen molar-refractivity contribution in [2.75, 3.05) is 0 Å². The van der Waals surface area contributed by atoms with Crippen molar-refractivity contribution in [2.45, 2.75) is 53.4 Å². The third kappa shape index (κ3) is 2.21. The summed E-state index contributed by atoms with van der Waals surface area (Å²) in [7, 11) is 0. The van der Waals surface area contributed by atoms with Gasteiger partial charge in [0.25, 0.3) is 0 Å². The van der Waals surface area contributed by atoms with E-state index in [4.69, 9.17) is 0 Å². The van der Waals surface area contributed by atoms with Gasteiger partial charge in [-0.15, -0.1) is 0 Å². The van der Waals surface area contributed by atoms with Crippen LogP contribution in [0.25, 0.3) is 0 Å². The fourth-order valence-electron chi connectivity index (χ4n) is 2.31. The second-order valence-corrected chi connectivity index (χ2v) is 5.05. The molecule has 0 saturated heterocycles. The summed E-state index contributed by atoms with van der Waals surface area (Å²) in [5.41, 5.74) is 0.647. The van der Waals surface area contributed by atoms with Gasteiger partial charge in [0.1, 0.15) is 0 Å². The Bertz CT molecular complexity index is 124. The van der Waals surface area contributed by atoms with E-state index in [1.54, 1.807) is 0 Å². The summed E-state index contributed by atoms with van der Waals surface area (Å²) in [6.07, 6.45) is 5.74. The minimum absolute atomic E-state index is 0.647. The molecule has 11 heavy (non-hydrogen) atoms. The van der Waals surface area contributed by atoms with Crippen molar-refractivity contribution < 1.29 is 0 Å². The first-order valence-corrected chi connectivity index (χ1v) is 5.05. The van der Waals surface area contributed by atoms with Crippen LogP contribution >= 0.6 is 0 Å². The quantitative estimate of drug-likeness (QED) is 0.566. The van der Waals surface area contributed by atoms with Crippen molar-refractivity contribution in [2.24, 2.45) is 17.3 Å². The lowest BCUT2D eigenvalue weighted by Crippen LogP contribution is -2.10. The zero-order valence-corrected chi connectivity index (χ0v) is 8.48. The number of hydrogen-bond donors (Lipinski definition) is 0. The van der Waals surface area contributed by atoms with E-state index in [9.17, 15) is 0 Å². The molecular formula is C11H22. The molecule has 0 aromatic rings. The van der Waals surface area contributed by atoms with E-state index in [1.807, 2.05) is 0 Å². The third-order valence-corrected chi connectivity index (χ3v) is 3.46. The van der Waals surface area contributed by atoms with Crippen molar-refractivity contribution in [3.05, 3.63) is 0 Å². The summed E-state index contributed by atoms with van der Waals surface area (Å²) >= 11 is 0. The van der Waals surface area contributed by atoms with Gasteiger partial charge in [0, 0.05) is 0 Å². The molecule has 0 N–H and O–H groups in total. The van der Waals surface area contributed by atoms with Crippen molar-refractivity contribution in [3.8, 4) is 0 Å². The normalized spacial score (nSPS) is 32.2. The SMILES string of the molecule is CCC(C)C1CCC(C)(C)C1. The first-order chi connectivity index (χ1) is 5.05. The van der Waals surface area contributed by atoms with Gasteiger partial charge in [-0.05, 0) is 36.5 Å². The monoisotopic (exact) mass is 154 g/mol. The Morgan fingerprint density at radius 1 is 1.45 bits per heavy atom. The summed E-state index contributed by atoms with van der Waals surface area (Å²) in [4.78, 5) is 0. The fraction of sp³-hybridized carbons (Fsp3) is 1.00. The highest BCUT2D eigenvalue weighted by molar-refractivity contribution is 4.83. The van der Waals surface area contributed by atoms with E-state index in [-0.39, 0.29) is 0 Å². The van der Waals surface area contributed by atoms with Gasteiger partial charge in [-0.1, -0.05) is 34.1 Å². The van der Waals surface area contributed by atoms with Gasteiger partial charge in [-0.3, -0.25) is 0 Å². The molecule has 0 aromatic carbocycles. The predicted molar refractivity (Wildman–Crippen MR) is 50.6 cm³/mol. The Kier molecular flexibility index (Phi) is 2.61. The van der Waals surface area contributed by atoms with Crippen LogP contribution in [0.5, 0.6) is 0 Å². The molecule has 0 nitrogen and oxygen atoms in total. The predicted octanol–water partition coefficient (Wildman–Crippen LogP) is 3.86. The number of rotatable bonds is 2. The standard InChI is InChI=1S/C11H22/c1-5-9(2)10-6-7-11(3,4)8-10/h9-10H,5-8H2,1-4H3. The molecule has 0 spiro atoms. The Labute approximate surface area is 71.4 Å². The topological polar surface area (TPSA) is 0 Å². The largest absolute Gasteiger partial charge is 0.0651 e. The molecule has 1 aliphatic carbocycles. The molecule has 2 atom stereocenters. The molecular weight excluding hydrogens is 132 g/mol. The van der Waals surface area contributed by atoms with Crippen LogP contribution in [-0.2, 0) is 0 Å². The molecule has 1 aliphatic rings. The van der Waals surface area contributed by atoms with Gasteiger partial charge in [0.05, 0.1) is 0 Å². The summed E-state index contributed by atoms with van der Waals surface area (Å²) in [6.45, 7) is 9.55. The van der Waals surface area contributed by atoms with Crippen LogP contribution in [0.2, 0.25) is 0 Å². The van der Waals surface area contributed by atoms with Crippen LogP contribution in [0.3, 0.4) is 0 Å². The van der Waals surface area contributed by atoms with Crippen molar-refractivity contribution >= 4 is 0 Å². The van der Waals surface area contributed by atoms with E-state index in [0.717, 1.165) is 11.8 Å². The summed E-state index contributed by atoms with van der Waals surface area (Å²) in [5, 5.41) is 0. The molecule has 0 amide bonds. The molecule has 0 heteroatoms. The molecule has 0 radical (unpaired) electrons. The maximum atomic E-state index is 2.41. The van der Waals surface area contributed by atoms with E-state index >= 15 is 0 Å². The average molecular weight is 154 g/mol. The van der Waals surface area contributed by atoms with E-state index in [0.29, 0.717) is 5.41 Å². The zero-order chi connectivity index (χ0) is 8.48. The first kappa shape index (κ1) is 9.09. The van der Waals surface area contributed by atoms with E-state index in [1.165, 1.54) is 25.7 Å². The zero-order valence-electron chi connectivity index (χ0n) is 8.48. The summed E-state index contributed by atoms with van der Waals surface area (Å²) in [5.74, 6) is 1.98. The molecule has 66 valence electrons. The Hall–Kier alpha value is 0. The molecule has 0 aliphatic heterocycles. The van der Waals surface area contributed by atoms with Crippen LogP contribution < -0.4 is 0 Å². The maximum absolute atomic E-state index is 2.41. The summed E-state index contributed by atoms with van der Waals surface area (Å²) in [6, 6.07) is 0. The second-order valence-electron chi connectivity index (χ2n) is 5.05. The van der Waals surface area contributed by atoms with Crippen molar-refractivity contribution in [1.82, 2.24) is 0 Å². The maximum Gasteiger partial charge on any atom is -0.0351 e. The summed E-state index contributed by atoms with van der Waals surface area (Å²) < 4.78 is 0. The molecule has 0 aromatic heterocycles. The Morgan fingerprint density at radius 3 is 2.45 bits per heavy atom. The van der Waals surface area contributed by atoms with Gasteiger partial charge in [-0.25, -0.2) is 0 Å². The highest BCUT2D eigenvalue weighted by Crippen LogP contribution is 2.44. The van der Waals surface area contributed by atoms with Crippen molar-refractivity contribution in [1.29, 1.82) is 0 Å². The van der Waals surface area contributed by atoms with Gasteiger partial charge in [0.2, 0.25) is 0 Å². The number of hydrogen-bond acceptors (Lipinski definition) is 0. The molecule has 1 rings (SSSR count). The third-order valence-electron chi connectivity index (χ3n) is 3.46. The van der Waals surface area contributed by atoms with Crippen LogP contribution in [-0.4, -0.2) is 0 Å². The lowest BCUT2D eigenvalue weighted by Gasteiger charge is -2.20. The van der Waals surface area contributed by atoms with Crippen LogP contribution in [0.15, 0.2) is 0 Å². The molecule has 0 bridgehead atoms. The molecule has 1 fully saturated rings. The molecule has 0 heterocycles. The van der Waals surface area contributed by atoms with Crippen LogP contribution in [0, 0.1) is 17.3 Å². The Morgan fingerprint density at radius 2 is 2.09 bits per heavy atom. The van der Waals surface area contributed by atoms with E-state index < -0.39 is 0 Å². The van der Waals surface area contributed by atoms with Crippen LogP contribution in [0.1, 0.15) is 53.4 Å². The first-order valence-electron chi connectivity index (χ1n) is 5.05. The van der Waals surface area contributed by atoms with Gasteiger partial charge in [-0.2, -0.15) is 0 Å². The highest BCUT2D eigenvalue weighted by atomic mass is 14.4. The molecule has 2 unspecified atom stereocenters. The molecule has 1 saturated carbocycles. The average Bonchev–Trinajstić information content (AvgIpc) is 2.29. The minimum Gasteiger partial charge on any atom is -0.0651 e. The lowest BCUT2D eigenvalue weighted by molar-refractivity contribution is 0.304. The van der Waals surface area contributed by atoms with Crippen LogP contribution in [0.4, 0.5) is 0 Å². The van der Waals surface area contributed by atoms with Crippen molar-refractivity contribution in [3.63, 3.8) is 0 Å². The van der Waals surface area contributed by atoms with E-state index in [2.05, 4.69) is 27.7 Å². The van der Waals surface area contributed by atoms with Gasteiger partial charge in [0.15, 0.2) is 0 Å². The van der Waals surface area contributed by atoms with Gasteiger partial charge >= 0.3 is 0 Å². The lowest BCUT2D eigenvalue weighted by atomic mass is 9.85. The van der Waals surface area contributed by atoms with Gasteiger partial charge < -0.3 is 0 Å². The minimum atomic E-state index is 0.647. The highest BCUT2D eigenvalue weighted by Gasteiger charge is 2.32. The second kappa shape index (κ2) is 3.16. The smallest absolute Gasteiger partial charge is 0.0351 e.